The lowest BCUT2D eigenvalue weighted by Gasteiger charge is -2.33. The number of carbonyl (C=O) groups is 3. The lowest BCUT2D eigenvalue weighted by atomic mass is 9.96. The Hall–Kier alpha value is -2.99. The number of Topliss-reactive ketones (excluding diaryl/α,β-unsaturated/α-hetero) is 1. The number of rotatable bonds is 4. The minimum atomic E-state index is -0.468. The standard InChI is InChI=1S/C22H23N3O3/c1-15-7-8-19-18(13-15)20(26)22(28)25(19)14-24-11-9-16(10-12-24)21(27)23-17-5-3-2-4-6-17/h2-8,13,16H,9-12,14H2,1H3,(H,23,27). The van der Waals surface area contributed by atoms with Gasteiger partial charge < -0.3 is 5.32 Å². The van der Waals surface area contributed by atoms with Crippen LogP contribution in [0.4, 0.5) is 11.4 Å². The van der Waals surface area contributed by atoms with Gasteiger partial charge in [0.15, 0.2) is 0 Å². The van der Waals surface area contributed by atoms with E-state index >= 15 is 0 Å². The highest BCUT2D eigenvalue weighted by Gasteiger charge is 2.37. The molecule has 1 fully saturated rings. The molecule has 6 heteroatoms. The van der Waals surface area contributed by atoms with Crippen LogP contribution in [0.25, 0.3) is 0 Å². The highest BCUT2D eigenvalue weighted by molar-refractivity contribution is 6.52. The normalized spacial score (nSPS) is 17.7. The minimum absolute atomic E-state index is 0.0395. The number of fused-ring (bicyclic) bond motifs is 1. The van der Waals surface area contributed by atoms with Gasteiger partial charge in [-0.1, -0.05) is 29.8 Å². The molecule has 0 bridgehead atoms. The van der Waals surface area contributed by atoms with Crippen molar-refractivity contribution in [3.8, 4) is 0 Å². The van der Waals surface area contributed by atoms with E-state index in [9.17, 15) is 14.4 Å². The summed E-state index contributed by atoms with van der Waals surface area (Å²) in [6.45, 7) is 3.72. The highest BCUT2D eigenvalue weighted by atomic mass is 16.2. The molecular weight excluding hydrogens is 354 g/mol. The summed E-state index contributed by atoms with van der Waals surface area (Å²) in [5.74, 6) is -0.901. The van der Waals surface area contributed by atoms with Crippen LogP contribution in [-0.4, -0.2) is 42.3 Å². The molecule has 2 amide bonds. The van der Waals surface area contributed by atoms with E-state index in [-0.39, 0.29) is 11.8 Å². The number of aryl methyl sites for hydroxylation is 1. The highest BCUT2D eigenvalue weighted by Crippen LogP contribution is 2.30. The fourth-order valence-corrected chi connectivity index (χ4v) is 3.86. The summed E-state index contributed by atoms with van der Waals surface area (Å²) in [5, 5.41) is 2.96. The van der Waals surface area contributed by atoms with Gasteiger partial charge in [-0.15, -0.1) is 0 Å². The van der Waals surface area contributed by atoms with Crippen LogP contribution in [0.1, 0.15) is 28.8 Å². The van der Waals surface area contributed by atoms with E-state index in [1.165, 1.54) is 0 Å². The van der Waals surface area contributed by atoms with Crippen LogP contribution in [0.5, 0.6) is 0 Å². The van der Waals surface area contributed by atoms with E-state index in [2.05, 4.69) is 10.2 Å². The lowest BCUT2D eigenvalue weighted by Crippen LogP contribution is -2.45. The Labute approximate surface area is 164 Å². The molecule has 0 radical (unpaired) electrons. The summed E-state index contributed by atoms with van der Waals surface area (Å²) >= 11 is 0. The average molecular weight is 377 g/mol. The maximum atomic E-state index is 12.5. The maximum Gasteiger partial charge on any atom is 0.300 e. The number of hydrogen-bond donors (Lipinski definition) is 1. The number of benzene rings is 2. The third kappa shape index (κ3) is 3.55. The monoisotopic (exact) mass is 377 g/mol. The quantitative estimate of drug-likeness (QED) is 0.832. The molecule has 1 N–H and O–H groups in total. The van der Waals surface area contributed by atoms with Crippen LogP contribution in [0.2, 0.25) is 0 Å². The molecule has 2 aromatic carbocycles. The van der Waals surface area contributed by atoms with Crippen molar-refractivity contribution in [1.29, 1.82) is 0 Å². The van der Waals surface area contributed by atoms with E-state index in [1.54, 1.807) is 11.0 Å². The van der Waals surface area contributed by atoms with Crippen LogP contribution in [0.15, 0.2) is 48.5 Å². The van der Waals surface area contributed by atoms with Crippen LogP contribution < -0.4 is 10.2 Å². The van der Waals surface area contributed by atoms with Crippen molar-refractivity contribution < 1.29 is 14.4 Å². The fourth-order valence-electron chi connectivity index (χ4n) is 3.86. The minimum Gasteiger partial charge on any atom is -0.326 e. The first-order valence-electron chi connectivity index (χ1n) is 9.58. The zero-order chi connectivity index (χ0) is 19.7. The third-order valence-electron chi connectivity index (χ3n) is 5.47. The number of likely N-dealkylation sites (tertiary alicyclic amines) is 1. The van der Waals surface area contributed by atoms with Crippen molar-refractivity contribution in [2.75, 3.05) is 30.0 Å². The summed E-state index contributed by atoms with van der Waals surface area (Å²) in [4.78, 5) is 40.8. The van der Waals surface area contributed by atoms with Crippen LogP contribution in [0, 0.1) is 12.8 Å². The van der Waals surface area contributed by atoms with Gasteiger partial charge in [-0.05, 0) is 44.0 Å². The Bertz CT molecular complexity index is 918. The first-order valence-corrected chi connectivity index (χ1v) is 9.58. The lowest BCUT2D eigenvalue weighted by molar-refractivity contribution is -0.121. The summed E-state index contributed by atoms with van der Waals surface area (Å²) in [6.07, 6.45) is 1.46. The SMILES string of the molecule is Cc1ccc2c(c1)C(=O)C(=O)N2CN1CCC(C(=O)Nc2ccccc2)CC1. The van der Waals surface area contributed by atoms with E-state index in [4.69, 9.17) is 0 Å². The molecule has 4 rings (SSSR count). The topological polar surface area (TPSA) is 69.7 Å². The summed E-state index contributed by atoms with van der Waals surface area (Å²) in [6, 6.07) is 15.0. The number of amides is 2. The number of nitrogens with one attached hydrogen (secondary N) is 1. The van der Waals surface area contributed by atoms with E-state index in [0.717, 1.165) is 24.1 Å². The Morgan fingerprint density at radius 1 is 1.07 bits per heavy atom. The van der Waals surface area contributed by atoms with Gasteiger partial charge in [0.1, 0.15) is 0 Å². The maximum absolute atomic E-state index is 12.5. The molecule has 28 heavy (non-hydrogen) atoms. The molecule has 0 spiro atoms. The number of nitrogens with zero attached hydrogens (tertiary/aromatic N) is 2. The van der Waals surface area contributed by atoms with Crippen molar-refractivity contribution in [3.05, 3.63) is 59.7 Å². The van der Waals surface area contributed by atoms with Crippen molar-refractivity contribution in [2.45, 2.75) is 19.8 Å². The van der Waals surface area contributed by atoms with Gasteiger partial charge in [-0.25, -0.2) is 0 Å². The molecule has 2 aliphatic heterocycles. The molecule has 144 valence electrons. The Kier molecular flexibility index (Phi) is 4.96. The summed E-state index contributed by atoms with van der Waals surface area (Å²) in [7, 11) is 0. The molecule has 6 nitrogen and oxygen atoms in total. The zero-order valence-corrected chi connectivity index (χ0v) is 15.9. The Balaban J connectivity index is 1.36. The van der Waals surface area contributed by atoms with Gasteiger partial charge in [-0.2, -0.15) is 0 Å². The second kappa shape index (κ2) is 7.56. The number of hydrogen-bond acceptors (Lipinski definition) is 4. The molecule has 0 aliphatic carbocycles. The number of para-hydroxylation sites is 1. The van der Waals surface area contributed by atoms with Gasteiger partial charge in [-0.3, -0.25) is 24.2 Å². The van der Waals surface area contributed by atoms with Crippen molar-refractivity contribution in [1.82, 2.24) is 4.90 Å². The van der Waals surface area contributed by atoms with Gasteiger partial charge in [0.25, 0.3) is 5.78 Å². The van der Waals surface area contributed by atoms with Gasteiger partial charge in [0, 0.05) is 24.7 Å². The zero-order valence-electron chi connectivity index (χ0n) is 15.9. The molecule has 0 aromatic heterocycles. The van der Waals surface area contributed by atoms with Gasteiger partial charge >= 0.3 is 5.91 Å². The molecule has 0 unspecified atom stereocenters. The molecular formula is C22H23N3O3. The fraction of sp³-hybridized carbons (Fsp3) is 0.318. The van der Waals surface area contributed by atoms with Crippen LogP contribution in [0.3, 0.4) is 0 Å². The number of piperidine rings is 1. The Morgan fingerprint density at radius 2 is 1.79 bits per heavy atom. The first kappa shape index (κ1) is 18.4. The van der Waals surface area contributed by atoms with E-state index in [1.807, 2.05) is 49.4 Å². The smallest absolute Gasteiger partial charge is 0.300 e. The molecule has 2 heterocycles. The Morgan fingerprint density at radius 3 is 2.50 bits per heavy atom. The van der Waals surface area contributed by atoms with Crippen molar-refractivity contribution in [3.63, 3.8) is 0 Å². The summed E-state index contributed by atoms with van der Waals surface area (Å²) in [5.41, 5.74) is 2.95. The summed E-state index contributed by atoms with van der Waals surface area (Å²) < 4.78 is 0. The van der Waals surface area contributed by atoms with Crippen LogP contribution >= 0.6 is 0 Å². The van der Waals surface area contributed by atoms with E-state index < -0.39 is 11.7 Å². The third-order valence-corrected chi connectivity index (χ3v) is 5.47. The molecule has 0 saturated carbocycles. The second-order valence-electron chi connectivity index (χ2n) is 7.47. The van der Waals surface area contributed by atoms with E-state index in [0.29, 0.717) is 31.0 Å². The first-order chi connectivity index (χ1) is 13.5. The second-order valence-corrected chi connectivity index (χ2v) is 7.47. The molecule has 1 saturated heterocycles. The number of carbonyl (C=O) groups excluding carboxylic acids is 3. The van der Waals surface area contributed by atoms with Gasteiger partial charge in [0.2, 0.25) is 5.91 Å². The largest absolute Gasteiger partial charge is 0.326 e. The van der Waals surface area contributed by atoms with Crippen molar-refractivity contribution >= 4 is 29.0 Å². The molecule has 2 aliphatic rings. The predicted molar refractivity (Wildman–Crippen MR) is 107 cm³/mol. The van der Waals surface area contributed by atoms with Gasteiger partial charge in [0.05, 0.1) is 17.9 Å². The number of ketones is 1. The van der Waals surface area contributed by atoms with Crippen molar-refractivity contribution in [2.24, 2.45) is 5.92 Å². The van der Waals surface area contributed by atoms with Crippen LogP contribution in [-0.2, 0) is 9.59 Å². The molecule has 2 aromatic rings. The predicted octanol–water partition coefficient (Wildman–Crippen LogP) is 2.83. The average Bonchev–Trinajstić information content (AvgIpc) is 2.94. The molecule has 0 atom stereocenters. The number of anilines is 2.